The second kappa shape index (κ2) is 5.59. The molecule has 1 aromatic carbocycles. The maximum Gasteiger partial charge on any atom is 0.0904 e. The van der Waals surface area contributed by atoms with E-state index in [4.69, 9.17) is 4.98 Å². The average molecular weight is 379 g/mol. The maximum absolute atomic E-state index is 4.75. The lowest BCUT2D eigenvalue weighted by Crippen LogP contribution is -2.09. The fraction of sp³-hybridized carbons (Fsp3) is 0.188. The minimum absolute atomic E-state index is 0.437. The molecule has 0 fully saturated rings. The number of rotatable bonds is 2. The lowest BCUT2D eigenvalue weighted by Gasteiger charge is -2.18. The van der Waals surface area contributed by atoms with Crippen LogP contribution in [-0.2, 0) is 0 Å². The van der Waals surface area contributed by atoms with E-state index in [9.17, 15) is 0 Å². The normalized spacial score (nSPS) is 21.8. The lowest BCUT2D eigenvalue weighted by molar-refractivity contribution is 0.914. The zero-order valence-corrected chi connectivity index (χ0v) is 13.6. The third kappa shape index (κ3) is 2.67. The first-order chi connectivity index (χ1) is 9.25. The zero-order valence-electron chi connectivity index (χ0n) is 10.6. The molecule has 19 heavy (non-hydrogen) atoms. The molecule has 3 heteroatoms. The van der Waals surface area contributed by atoms with Crippen molar-refractivity contribution in [2.24, 2.45) is 0 Å². The van der Waals surface area contributed by atoms with Crippen LogP contribution in [0.15, 0.2) is 54.6 Å². The summed E-state index contributed by atoms with van der Waals surface area (Å²) in [6.07, 6.45) is 8.82. The topological polar surface area (TPSA) is 12.9 Å². The van der Waals surface area contributed by atoms with Crippen molar-refractivity contribution in [2.75, 3.05) is 0 Å². The molecular formula is C16H14INS. The molecule has 3 rings (SSSR count). The van der Waals surface area contributed by atoms with Crippen LogP contribution in [0, 0.1) is 6.92 Å². The molecule has 0 saturated carbocycles. The Labute approximate surface area is 131 Å². The number of aryl methyl sites for hydroxylation is 1. The largest absolute Gasteiger partial charge is 0.241 e. The molecule has 0 radical (unpaired) electrons. The first-order valence-corrected chi connectivity index (χ1v) is 8.34. The third-order valence-corrected chi connectivity index (χ3v) is 5.44. The van der Waals surface area contributed by atoms with Gasteiger partial charge in [-0.15, -0.1) is 11.3 Å². The predicted octanol–water partition coefficient (Wildman–Crippen LogP) is 5.13. The van der Waals surface area contributed by atoms with Gasteiger partial charge < -0.3 is 0 Å². The van der Waals surface area contributed by atoms with Crippen LogP contribution in [0.1, 0.15) is 15.8 Å². The molecule has 0 spiro atoms. The highest BCUT2D eigenvalue weighted by Gasteiger charge is 2.24. The number of alkyl halides is 1. The van der Waals surface area contributed by atoms with Gasteiger partial charge in [0, 0.05) is 20.3 Å². The molecule has 0 N–H and O–H groups in total. The van der Waals surface area contributed by atoms with E-state index in [1.807, 2.05) is 17.4 Å². The number of benzene rings is 1. The smallest absolute Gasteiger partial charge is 0.0904 e. The summed E-state index contributed by atoms with van der Waals surface area (Å²) >= 11 is 4.33. The van der Waals surface area contributed by atoms with E-state index in [0.717, 1.165) is 10.7 Å². The van der Waals surface area contributed by atoms with E-state index in [-0.39, 0.29) is 0 Å². The number of hydrogen-bond acceptors (Lipinski definition) is 2. The molecule has 0 aliphatic heterocycles. The monoisotopic (exact) mass is 379 g/mol. The van der Waals surface area contributed by atoms with Crippen LogP contribution in [-0.4, -0.2) is 8.91 Å². The van der Waals surface area contributed by atoms with Gasteiger partial charge in [0.05, 0.1) is 10.7 Å². The molecular weight excluding hydrogens is 365 g/mol. The summed E-state index contributed by atoms with van der Waals surface area (Å²) < 4.78 is 0.505. The van der Waals surface area contributed by atoms with Gasteiger partial charge in [-0.25, -0.2) is 4.98 Å². The zero-order chi connectivity index (χ0) is 13.2. The Bertz CT molecular complexity index is 627. The molecule has 0 saturated heterocycles. The molecule has 1 aliphatic carbocycles. The van der Waals surface area contributed by atoms with Crippen molar-refractivity contribution in [3.63, 3.8) is 0 Å². The second-order valence-corrected chi connectivity index (χ2v) is 7.22. The molecule has 1 nitrogen and oxygen atoms in total. The van der Waals surface area contributed by atoms with Crippen molar-refractivity contribution in [1.82, 2.24) is 4.98 Å². The van der Waals surface area contributed by atoms with Crippen LogP contribution in [0.2, 0.25) is 0 Å². The first kappa shape index (κ1) is 13.1. The SMILES string of the molecule is Cc1nc(-c2ccccc2)c(C2C=CC=C[C@@H]2I)s1. The Morgan fingerprint density at radius 1 is 1.11 bits per heavy atom. The van der Waals surface area contributed by atoms with Crippen molar-refractivity contribution < 1.29 is 0 Å². The van der Waals surface area contributed by atoms with Crippen molar-refractivity contribution in [3.8, 4) is 11.3 Å². The molecule has 2 atom stereocenters. The molecule has 1 unspecified atom stereocenters. The predicted molar refractivity (Wildman–Crippen MR) is 91.1 cm³/mol. The molecule has 2 aromatic rings. The summed E-state index contributed by atoms with van der Waals surface area (Å²) in [6, 6.07) is 10.5. The Morgan fingerprint density at radius 2 is 1.84 bits per heavy atom. The van der Waals surface area contributed by atoms with Gasteiger partial charge >= 0.3 is 0 Å². The Hall–Kier alpha value is -0.940. The molecule has 0 bridgehead atoms. The lowest BCUT2D eigenvalue weighted by atomic mass is 9.96. The van der Waals surface area contributed by atoms with Crippen LogP contribution in [0.5, 0.6) is 0 Å². The van der Waals surface area contributed by atoms with E-state index in [2.05, 4.69) is 78.1 Å². The maximum atomic E-state index is 4.75. The van der Waals surface area contributed by atoms with Gasteiger partial charge in [0.2, 0.25) is 0 Å². The summed E-state index contributed by atoms with van der Waals surface area (Å²) in [4.78, 5) is 6.13. The number of allylic oxidation sites excluding steroid dienone is 4. The quantitative estimate of drug-likeness (QED) is 0.521. The van der Waals surface area contributed by atoms with Gasteiger partial charge in [-0.05, 0) is 6.92 Å². The van der Waals surface area contributed by atoms with E-state index in [0.29, 0.717) is 9.84 Å². The van der Waals surface area contributed by atoms with Crippen LogP contribution in [0.25, 0.3) is 11.3 Å². The third-order valence-electron chi connectivity index (χ3n) is 3.18. The van der Waals surface area contributed by atoms with Crippen LogP contribution < -0.4 is 0 Å². The average Bonchev–Trinajstić information content (AvgIpc) is 2.82. The number of nitrogens with zero attached hydrogens (tertiary/aromatic N) is 1. The fourth-order valence-corrected chi connectivity index (χ4v) is 4.44. The van der Waals surface area contributed by atoms with Crippen molar-refractivity contribution in [2.45, 2.75) is 16.8 Å². The van der Waals surface area contributed by atoms with Gasteiger partial charge in [-0.2, -0.15) is 0 Å². The summed E-state index contributed by atoms with van der Waals surface area (Å²) in [5.41, 5.74) is 2.36. The first-order valence-electron chi connectivity index (χ1n) is 6.27. The number of thiazole rings is 1. The van der Waals surface area contributed by atoms with Crippen LogP contribution in [0.4, 0.5) is 0 Å². The number of halogens is 1. The highest BCUT2D eigenvalue weighted by atomic mass is 127. The number of hydrogen-bond donors (Lipinski definition) is 0. The summed E-state index contributed by atoms with van der Waals surface area (Å²) in [5, 5.41) is 1.14. The number of aromatic nitrogens is 1. The van der Waals surface area contributed by atoms with Gasteiger partial charge in [0.25, 0.3) is 0 Å². The Balaban J connectivity index is 2.08. The fourth-order valence-electron chi connectivity index (χ4n) is 2.28. The second-order valence-electron chi connectivity index (χ2n) is 4.55. The van der Waals surface area contributed by atoms with Crippen molar-refractivity contribution >= 4 is 33.9 Å². The van der Waals surface area contributed by atoms with Gasteiger partial charge in [-0.1, -0.05) is 77.2 Å². The van der Waals surface area contributed by atoms with Gasteiger partial charge in [0.1, 0.15) is 0 Å². The molecule has 1 aromatic heterocycles. The highest BCUT2D eigenvalue weighted by Crippen LogP contribution is 2.39. The Kier molecular flexibility index (Phi) is 3.84. The molecule has 96 valence electrons. The summed E-state index contributed by atoms with van der Waals surface area (Å²) in [7, 11) is 0. The van der Waals surface area contributed by atoms with E-state index in [1.165, 1.54) is 10.4 Å². The standard InChI is InChI=1S/C16H14INS/c1-11-18-15(12-7-3-2-4-8-12)16(19-11)13-9-5-6-10-14(13)17/h2-10,13-14H,1H3/t13?,14-/m0/s1. The van der Waals surface area contributed by atoms with Gasteiger partial charge in [-0.3, -0.25) is 0 Å². The van der Waals surface area contributed by atoms with E-state index in [1.54, 1.807) is 0 Å². The van der Waals surface area contributed by atoms with Crippen LogP contribution in [0.3, 0.4) is 0 Å². The Morgan fingerprint density at radius 3 is 2.58 bits per heavy atom. The van der Waals surface area contributed by atoms with Crippen LogP contribution >= 0.6 is 33.9 Å². The molecule has 0 amide bonds. The molecule has 1 heterocycles. The van der Waals surface area contributed by atoms with Gasteiger partial charge in [0.15, 0.2) is 0 Å². The minimum Gasteiger partial charge on any atom is -0.241 e. The summed E-state index contributed by atoms with van der Waals surface area (Å²) in [6.45, 7) is 2.09. The minimum atomic E-state index is 0.437. The molecule has 1 aliphatic rings. The van der Waals surface area contributed by atoms with E-state index < -0.39 is 0 Å². The summed E-state index contributed by atoms with van der Waals surface area (Å²) in [5.74, 6) is 0.437. The van der Waals surface area contributed by atoms with E-state index >= 15 is 0 Å². The highest BCUT2D eigenvalue weighted by molar-refractivity contribution is 14.1. The van der Waals surface area contributed by atoms with Crippen molar-refractivity contribution in [3.05, 3.63) is 64.5 Å². The van der Waals surface area contributed by atoms with Crippen molar-refractivity contribution in [1.29, 1.82) is 0 Å².